The Kier molecular flexibility index (Phi) is 8.88. The van der Waals surface area contributed by atoms with Crippen LogP contribution in [0.5, 0.6) is 17.2 Å². The number of carbonyl (C=O) groups is 1. The summed E-state index contributed by atoms with van der Waals surface area (Å²) in [6.45, 7) is 7.56. The van der Waals surface area contributed by atoms with Crippen molar-refractivity contribution in [2.75, 3.05) is 13.2 Å². The number of hydrazone groups is 1. The number of nitrogens with one attached hydrogen (secondary N) is 1. The second-order valence-corrected chi connectivity index (χ2v) is 7.49. The normalized spacial score (nSPS) is 10.8. The van der Waals surface area contributed by atoms with Gasteiger partial charge >= 0.3 is 0 Å². The van der Waals surface area contributed by atoms with Crippen molar-refractivity contribution in [2.24, 2.45) is 5.10 Å². The summed E-state index contributed by atoms with van der Waals surface area (Å²) in [6.07, 6.45) is 2.48. The summed E-state index contributed by atoms with van der Waals surface area (Å²) in [5, 5.41) is 4.06. The largest absolute Gasteiger partial charge is 0.490 e. The van der Waals surface area contributed by atoms with Crippen LogP contribution < -0.4 is 19.6 Å². The second kappa shape index (κ2) is 12.3. The maximum Gasteiger partial charge on any atom is 0.271 e. The molecule has 1 N–H and O–H groups in total. The Hall–Kier alpha value is -3.80. The number of hydrogen-bond acceptors (Lipinski definition) is 5. The van der Waals surface area contributed by atoms with Crippen LogP contribution in [0.3, 0.4) is 0 Å². The summed E-state index contributed by atoms with van der Waals surface area (Å²) in [4.78, 5) is 12.5. The van der Waals surface area contributed by atoms with E-state index in [0.717, 1.165) is 23.3 Å². The van der Waals surface area contributed by atoms with Gasteiger partial charge < -0.3 is 14.2 Å². The monoisotopic (exact) mass is 446 g/mol. The van der Waals surface area contributed by atoms with Gasteiger partial charge in [-0.2, -0.15) is 5.10 Å². The van der Waals surface area contributed by atoms with Crippen LogP contribution in [-0.2, 0) is 6.61 Å². The molecule has 3 aromatic rings. The van der Waals surface area contributed by atoms with E-state index in [-0.39, 0.29) is 5.91 Å². The van der Waals surface area contributed by atoms with E-state index < -0.39 is 0 Å². The van der Waals surface area contributed by atoms with E-state index in [4.69, 9.17) is 14.2 Å². The maximum atomic E-state index is 12.5. The molecule has 6 heteroatoms. The van der Waals surface area contributed by atoms with Crippen LogP contribution in [0.2, 0.25) is 0 Å². The van der Waals surface area contributed by atoms with Gasteiger partial charge in [0.25, 0.3) is 5.91 Å². The van der Waals surface area contributed by atoms with Gasteiger partial charge in [-0.25, -0.2) is 5.43 Å². The van der Waals surface area contributed by atoms with E-state index >= 15 is 0 Å². The van der Waals surface area contributed by atoms with Gasteiger partial charge in [0.1, 0.15) is 12.4 Å². The van der Waals surface area contributed by atoms with E-state index in [1.807, 2.05) is 38.1 Å². The molecule has 0 bridgehead atoms. The fourth-order valence-electron chi connectivity index (χ4n) is 2.98. The number of hydrogen-bond donors (Lipinski definition) is 1. The van der Waals surface area contributed by atoms with Crippen molar-refractivity contribution in [2.45, 2.75) is 33.8 Å². The summed E-state index contributed by atoms with van der Waals surface area (Å²) in [5.41, 5.74) is 6.18. The molecular formula is C27H30N2O4. The van der Waals surface area contributed by atoms with Gasteiger partial charge in [-0.1, -0.05) is 36.8 Å². The lowest BCUT2D eigenvalue weighted by Gasteiger charge is -2.12. The van der Waals surface area contributed by atoms with Crippen molar-refractivity contribution in [1.29, 1.82) is 0 Å². The van der Waals surface area contributed by atoms with E-state index in [1.165, 1.54) is 5.56 Å². The van der Waals surface area contributed by atoms with E-state index in [0.29, 0.717) is 36.9 Å². The minimum atomic E-state index is -0.327. The molecule has 0 fully saturated rings. The van der Waals surface area contributed by atoms with Gasteiger partial charge in [0.2, 0.25) is 0 Å². The molecule has 0 unspecified atom stereocenters. The molecule has 0 aliphatic rings. The van der Waals surface area contributed by atoms with Crippen LogP contribution >= 0.6 is 0 Å². The van der Waals surface area contributed by atoms with E-state index in [9.17, 15) is 4.79 Å². The zero-order valence-corrected chi connectivity index (χ0v) is 19.3. The molecule has 172 valence electrons. The lowest BCUT2D eigenvalue weighted by atomic mass is 10.2. The Labute approximate surface area is 195 Å². The molecule has 0 aliphatic heterocycles. The first-order valence-corrected chi connectivity index (χ1v) is 11.1. The zero-order valence-electron chi connectivity index (χ0n) is 19.3. The number of nitrogens with zero attached hydrogens (tertiary/aromatic N) is 1. The summed E-state index contributed by atoms with van der Waals surface area (Å²) in [5.74, 6) is 1.62. The first-order valence-electron chi connectivity index (χ1n) is 11.1. The number of carbonyl (C=O) groups excluding carboxylic acids is 1. The van der Waals surface area contributed by atoms with Gasteiger partial charge in [0.05, 0.1) is 19.4 Å². The maximum absolute atomic E-state index is 12.5. The Balaban J connectivity index is 1.54. The average molecular weight is 447 g/mol. The van der Waals surface area contributed by atoms with E-state index in [2.05, 4.69) is 41.7 Å². The number of rotatable bonds is 11. The molecule has 0 aliphatic carbocycles. The first kappa shape index (κ1) is 23.9. The number of amides is 1. The van der Waals surface area contributed by atoms with Gasteiger partial charge in [-0.3, -0.25) is 4.79 Å². The highest BCUT2D eigenvalue weighted by Crippen LogP contribution is 2.28. The van der Waals surface area contributed by atoms with Crippen LogP contribution in [0.25, 0.3) is 0 Å². The molecule has 3 rings (SSSR count). The fraction of sp³-hybridized carbons (Fsp3) is 0.259. The van der Waals surface area contributed by atoms with Gasteiger partial charge in [-0.15, -0.1) is 0 Å². The molecule has 0 aromatic heterocycles. The van der Waals surface area contributed by atoms with Crippen molar-refractivity contribution in [3.63, 3.8) is 0 Å². The van der Waals surface area contributed by atoms with Crippen molar-refractivity contribution >= 4 is 12.1 Å². The molecule has 33 heavy (non-hydrogen) atoms. The predicted molar refractivity (Wildman–Crippen MR) is 130 cm³/mol. The predicted octanol–water partition coefficient (Wildman–Crippen LogP) is 5.53. The van der Waals surface area contributed by atoms with Crippen LogP contribution in [0, 0.1) is 6.92 Å². The highest BCUT2D eigenvalue weighted by Gasteiger charge is 2.11. The lowest BCUT2D eigenvalue weighted by Crippen LogP contribution is -2.17. The smallest absolute Gasteiger partial charge is 0.271 e. The molecule has 0 spiro atoms. The minimum Gasteiger partial charge on any atom is -0.490 e. The third-order valence-electron chi connectivity index (χ3n) is 4.75. The van der Waals surface area contributed by atoms with Crippen molar-refractivity contribution in [3.05, 3.63) is 89.0 Å². The molecule has 3 aromatic carbocycles. The first-order chi connectivity index (χ1) is 16.1. The van der Waals surface area contributed by atoms with Crippen molar-refractivity contribution in [3.8, 4) is 17.2 Å². The van der Waals surface area contributed by atoms with Gasteiger partial charge in [0.15, 0.2) is 11.5 Å². The molecule has 0 atom stereocenters. The summed E-state index contributed by atoms with van der Waals surface area (Å²) in [7, 11) is 0. The Morgan fingerprint density at radius 2 is 1.67 bits per heavy atom. The van der Waals surface area contributed by atoms with Gasteiger partial charge in [0, 0.05) is 5.56 Å². The highest BCUT2D eigenvalue weighted by molar-refractivity contribution is 5.95. The van der Waals surface area contributed by atoms with E-state index in [1.54, 1.807) is 24.4 Å². The number of aryl methyl sites for hydroxylation is 1. The Morgan fingerprint density at radius 3 is 2.36 bits per heavy atom. The van der Waals surface area contributed by atoms with Crippen molar-refractivity contribution < 1.29 is 19.0 Å². The molecule has 0 heterocycles. The molecule has 0 saturated carbocycles. The second-order valence-electron chi connectivity index (χ2n) is 7.49. The Morgan fingerprint density at radius 1 is 0.909 bits per heavy atom. The van der Waals surface area contributed by atoms with Gasteiger partial charge in [-0.05, 0) is 73.9 Å². The topological polar surface area (TPSA) is 69.2 Å². The third-order valence-corrected chi connectivity index (χ3v) is 4.75. The Bertz CT molecular complexity index is 1060. The van der Waals surface area contributed by atoms with Crippen LogP contribution in [-0.4, -0.2) is 25.3 Å². The quantitative estimate of drug-likeness (QED) is 0.311. The fourth-order valence-corrected chi connectivity index (χ4v) is 2.98. The summed E-state index contributed by atoms with van der Waals surface area (Å²) < 4.78 is 17.1. The van der Waals surface area contributed by atoms with Crippen LogP contribution in [0.15, 0.2) is 71.8 Å². The average Bonchev–Trinajstić information content (AvgIpc) is 2.84. The van der Waals surface area contributed by atoms with Crippen molar-refractivity contribution in [1.82, 2.24) is 5.43 Å². The minimum absolute atomic E-state index is 0.327. The third kappa shape index (κ3) is 7.38. The molecule has 1 amide bonds. The summed E-state index contributed by atoms with van der Waals surface area (Å²) >= 11 is 0. The summed E-state index contributed by atoms with van der Waals surface area (Å²) in [6, 6.07) is 20.9. The van der Waals surface area contributed by atoms with Crippen LogP contribution in [0.1, 0.15) is 47.3 Å². The highest BCUT2D eigenvalue weighted by atomic mass is 16.5. The molecule has 0 radical (unpaired) electrons. The number of benzene rings is 3. The zero-order chi connectivity index (χ0) is 23.5. The SMILES string of the molecule is CCCOc1ccc(C(=O)N/N=C/c2ccc(OCc3ccc(C)cc3)cc2)cc1OCC. The van der Waals surface area contributed by atoms with Crippen LogP contribution in [0.4, 0.5) is 0 Å². The standard InChI is InChI=1S/C27H30N2O4/c1-4-16-32-25-15-12-23(17-26(25)31-5-2)27(30)29-28-18-21-10-13-24(14-11-21)33-19-22-8-6-20(3)7-9-22/h6-15,17-18H,4-5,16,19H2,1-3H3,(H,29,30)/b28-18+. The molecular weight excluding hydrogens is 416 g/mol. The molecule has 6 nitrogen and oxygen atoms in total. The molecule has 0 saturated heterocycles. The lowest BCUT2D eigenvalue weighted by molar-refractivity contribution is 0.0954. The number of ether oxygens (including phenoxy) is 3.